The Morgan fingerprint density at radius 1 is 1.29 bits per heavy atom. The maximum absolute atomic E-state index is 12.6. The van der Waals surface area contributed by atoms with Crippen molar-refractivity contribution in [3.63, 3.8) is 0 Å². The molecule has 0 unspecified atom stereocenters. The summed E-state index contributed by atoms with van der Waals surface area (Å²) in [5, 5.41) is 22.5. The molecule has 7 heteroatoms. The Morgan fingerprint density at radius 2 is 1.95 bits per heavy atom. The fourth-order valence-electron chi connectivity index (χ4n) is 2.50. The molecule has 0 saturated carbocycles. The standard InChI is InChI=1S/C14H19N3O4/c15-13(20)8-17(9-3-5-16-6-4-9)14(21)11-7-10(18)1-2-12(11)19/h1-2,7,9,16,18-19H,3-6,8H2,(H2,15,20). The van der Waals surface area contributed by atoms with E-state index in [0.717, 1.165) is 13.1 Å². The van der Waals surface area contributed by atoms with Gasteiger partial charge in [-0.3, -0.25) is 9.59 Å². The van der Waals surface area contributed by atoms with Crippen molar-refractivity contribution in [2.24, 2.45) is 5.73 Å². The summed E-state index contributed by atoms with van der Waals surface area (Å²) in [6, 6.07) is 3.60. The topological polar surface area (TPSA) is 116 Å². The number of phenolic OH excluding ortho intramolecular Hbond substituents is 2. The molecule has 7 nitrogen and oxygen atoms in total. The van der Waals surface area contributed by atoms with E-state index in [1.54, 1.807) is 0 Å². The van der Waals surface area contributed by atoms with Crippen LogP contribution in [0.1, 0.15) is 23.2 Å². The van der Waals surface area contributed by atoms with Crippen LogP contribution in [0.15, 0.2) is 18.2 Å². The zero-order chi connectivity index (χ0) is 15.4. The normalized spacial score (nSPS) is 15.6. The van der Waals surface area contributed by atoms with Gasteiger partial charge >= 0.3 is 0 Å². The minimum absolute atomic E-state index is 0.0326. The van der Waals surface area contributed by atoms with E-state index in [0.29, 0.717) is 12.8 Å². The smallest absolute Gasteiger partial charge is 0.258 e. The van der Waals surface area contributed by atoms with Gasteiger partial charge in [-0.25, -0.2) is 0 Å². The first-order valence-corrected chi connectivity index (χ1v) is 6.81. The van der Waals surface area contributed by atoms with Crippen molar-refractivity contribution < 1.29 is 19.8 Å². The van der Waals surface area contributed by atoms with Crippen molar-refractivity contribution in [3.8, 4) is 11.5 Å². The number of nitrogens with two attached hydrogens (primary N) is 1. The summed E-state index contributed by atoms with van der Waals surface area (Å²) in [7, 11) is 0. The Kier molecular flexibility index (Phi) is 4.64. The quantitative estimate of drug-likeness (QED) is 0.573. The summed E-state index contributed by atoms with van der Waals surface area (Å²) in [4.78, 5) is 25.2. The molecule has 1 heterocycles. The number of amides is 2. The summed E-state index contributed by atoms with van der Waals surface area (Å²) in [6.07, 6.45) is 1.41. The zero-order valence-corrected chi connectivity index (χ0v) is 11.6. The predicted molar refractivity (Wildman–Crippen MR) is 75.9 cm³/mol. The molecular formula is C14H19N3O4. The van der Waals surface area contributed by atoms with Gasteiger partial charge in [-0.2, -0.15) is 0 Å². The van der Waals surface area contributed by atoms with Crippen LogP contribution in [0, 0.1) is 0 Å². The average molecular weight is 293 g/mol. The van der Waals surface area contributed by atoms with Crippen LogP contribution in [0.25, 0.3) is 0 Å². The Balaban J connectivity index is 2.28. The number of rotatable bonds is 4. The summed E-state index contributed by atoms with van der Waals surface area (Å²) >= 11 is 0. The highest BCUT2D eigenvalue weighted by Gasteiger charge is 2.29. The van der Waals surface area contributed by atoms with Crippen molar-refractivity contribution in [3.05, 3.63) is 23.8 Å². The molecule has 0 bridgehead atoms. The lowest BCUT2D eigenvalue weighted by Gasteiger charge is -2.34. The second-order valence-corrected chi connectivity index (χ2v) is 5.08. The van der Waals surface area contributed by atoms with Crippen molar-refractivity contribution in [1.29, 1.82) is 0 Å². The maximum atomic E-state index is 12.6. The second-order valence-electron chi connectivity index (χ2n) is 5.08. The fourth-order valence-corrected chi connectivity index (χ4v) is 2.50. The summed E-state index contributed by atoms with van der Waals surface area (Å²) in [5.41, 5.74) is 5.19. The van der Waals surface area contributed by atoms with Gasteiger partial charge in [0.1, 0.15) is 11.5 Å². The lowest BCUT2D eigenvalue weighted by atomic mass is 10.0. The molecule has 2 amide bonds. The largest absolute Gasteiger partial charge is 0.508 e. The number of carbonyl (C=O) groups is 2. The van der Waals surface area contributed by atoms with Crippen LogP contribution in [-0.2, 0) is 4.79 Å². The Labute approximate surface area is 122 Å². The van der Waals surface area contributed by atoms with Crippen LogP contribution in [0.2, 0.25) is 0 Å². The van der Waals surface area contributed by atoms with Gasteiger partial charge in [0.05, 0.1) is 12.1 Å². The second kappa shape index (κ2) is 6.45. The number of primary amides is 1. The zero-order valence-electron chi connectivity index (χ0n) is 11.6. The van der Waals surface area contributed by atoms with Crippen molar-refractivity contribution in [2.75, 3.05) is 19.6 Å². The molecule has 0 aliphatic carbocycles. The number of aromatic hydroxyl groups is 2. The third kappa shape index (κ3) is 3.63. The minimum Gasteiger partial charge on any atom is -0.508 e. The van der Waals surface area contributed by atoms with Gasteiger partial charge in [-0.1, -0.05) is 0 Å². The molecular weight excluding hydrogens is 274 g/mol. The molecule has 1 aromatic rings. The molecule has 0 atom stereocenters. The highest BCUT2D eigenvalue weighted by Crippen LogP contribution is 2.25. The van der Waals surface area contributed by atoms with Crippen LogP contribution in [-0.4, -0.2) is 52.6 Å². The number of nitrogens with zero attached hydrogens (tertiary/aromatic N) is 1. The molecule has 114 valence electrons. The first-order chi connectivity index (χ1) is 9.99. The first kappa shape index (κ1) is 15.1. The van der Waals surface area contributed by atoms with Gasteiger partial charge in [0.15, 0.2) is 0 Å². The van der Waals surface area contributed by atoms with E-state index in [1.165, 1.54) is 23.1 Å². The maximum Gasteiger partial charge on any atom is 0.258 e. The Hall–Kier alpha value is -2.28. The average Bonchev–Trinajstić information content (AvgIpc) is 2.47. The van der Waals surface area contributed by atoms with Crippen molar-refractivity contribution in [2.45, 2.75) is 18.9 Å². The number of nitrogens with one attached hydrogen (secondary N) is 1. The van der Waals surface area contributed by atoms with Crippen LogP contribution in [0.3, 0.4) is 0 Å². The number of carbonyl (C=O) groups excluding carboxylic acids is 2. The third-order valence-corrected chi connectivity index (χ3v) is 3.55. The number of hydrogen-bond acceptors (Lipinski definition) is 5. The van der Waals surface area contributed by atoms with Crippen LogP contribution in [0.4, 0.5) is 0 Å². The van der Waals surface area contributed by atoms with Gasteiger partial charge in [-0.05, 0) is 44.1 Å². The monoisotopic (exact) mass is 293 g/mol. The van der Waals surface area contributed by atoms with Gasteiger partial charge in [0.2, 0.25) is 5.91 Å². The summed E-state index contributed by atoms with van der Waals surface area (Å²) in [6.45, 7) is 1.29. The fraction of sp³-hybridized carbons (Fsp3) is 0.429. The van der Waals surface area contributed by atoms with Crippen molar-refractivity contribution in [1.82, 2.24) is 10.2 Å². The molecule has 1 fully saturated rings. The van der Waals surface area contributed by atoms with Gasteiger partial charge in [0.25, 0.3) is 5.91 Å². The van der Waals surface area contributed by atoms with E-state index in [2.05, 4.69) is 5.32 Å². The minimum atomic E-state index is -0.610. The van der Waals surface area contributed by atoms with Crippen LogP contribution >= 0.6 is 0 Å². The molecule has 0 spiro atoms. The molecule has 2 rings (SSSR count). The van der Waals surface area contributed by atoms with E-state index >= 15 is 0 Å². The van der Waals surface area contributed by atoms with Crippen LogP contribution in [0.5, 0.6) is 11.5 Å². The molecule has 1 saturated heterocycles. The lowest BCUT2D eigenvalue weighted by molar-refractivity contribution is -0.119. The summed E-state index contributed by atoms with van der Waals surface area (Å²) < 4.78 is 0. The molecule has 1 aliphatic heterocycles. The summed E-state index contributed by atoms with van der Waals surface area (Å²) in [5.74, 6) is -1.47. The highest BCUT2D eigenvalue weighted by molar-refractivity contribution is 5.99. The Bertz CT molecular complexity index is 541. The van der Waals surface area contributed by atoms with Crippen molar-refractivity contribution >= 4 is 11.8 Å². The van der Waals surface area contributed by atoms with E-state index in [-0.39, 0.29) is 29.6 Å². The number of benzene rings is 1. The van der Waals surface area contributed by atoms with Gasteiger partial charge in [0, 0.05) is 6.04 Å². The Morgan fingerprint density at radius 3 is 2.57 bits per heavy atom. The molecule has 0 radical (unpaired) electrons. The molecule has 21 heavy (non-hydrogen) atoms. The molecule has 1 aromatic carbocycles. The van der Waals surface area contributed by atoms with E-state index < -0.39 is 11.8 Å². The third-order valence-electron chi connectivity index (χ3n) is 3.55. The molecule has 5 N–H and O–H groups in total. The first-order valence-electron chi connectivity index (χ1n) is 6.81. The number of phenols is 2. The lowest BCUT2D eigenvalue weighted by Crippen LogP contribution is -2.49. The predicted octanol–water partition coefficient (Wildman–Crippen LogP) is -0.223. The highest BCUT2D eigenvalue weighted by atomic mass is 16.3. The van der Waals surface area contributed by atoms with Crippen LogP contribution < -0.4 is 11.1 Å². The van der Waals surface area contributed by atoms with Gasteiger partial charge in [-0.15, -0.1) is 0 Å². The van der Waals surface area contributed by atoms with Gasteiger partial charge < -0.3 is 26.2 Å². The number of hydrogen-bond donors (Lipinski definition) is 4. The molecule has 0 aromatic heterocycles. The van der Waals surface area contributed by atoms with E-state index in [1.807, 2.05) is 0 Å². The van der Waals surface area contributed by atoms with E-state index in [4.69, 9.17) is 5.73 Å². The SMILES string of the molecule is NC(=O)CN(C(=O)c1cc(O)ccc1O)C1CCNCC1. The van der Waals surface area contributed by atoms with E-state index in [9.17, 15) is 19.8 Å². The molecule has 1 aliphatic rings. The number of piperidine rings is 1.